The number of benzene rings is 1. The van der Waals surface area contributed by atoms with Gasteiger partial charge >= 0.3 is 0 Å². The summed E-state index contributed by atoms with van der Waals surface area (Å²) in [5.74, 6) is -0.275. The highest BCUT2D eigenvalue weighted by Gasteiger charge is 2.10. The minimum atomic E-state index is -0.238. The molecule has 20 heavy (non-hydrogen) atoms. The fourth-order valence-electron chi connectivity index (χ4n) is 1.31. The number of thioether (sulfide) groups is 1. The van der Waals surface area contributed by atoms with Crippen LogP contribution < -0.4 is 10.6 Å². The Labute approximate surface area is 132 Å². The fourth-order valence-corrected chi connectivity index (χ4v) is 2.83. The van der Waals surface area contributed by atoms with Gasteiger partial charge in [-0.2, -0.15) is 0 Å². The third-order valence-corrected chi connectivity index (χ3v) is 4.27. The molecule has 0 saturated heterocycles. The number of nitrogens with one attached hydrogen (secondary N) is 2. The van der Waals surface area contributed by atoms with Crippen molar-refractivity contribution in [2.75, 3.05) is 18.8 Å². The summed E-state index contributed by atoms with van der Waals surface area (Å²) < 4.78 is 0. The molecule has 0 aliphatic carbocycles. The minimum Gasteiger partial charge on any atom is -0.355 e. The molecular weight excluding hydrogens is 319 g/mol. The Balaban J connectivity index is 2.35. The molecule has 0 atom stereocenters. The van der Waals surface area contributed by atoms with Gasteiger partial charge in [-0.25, -0.2) is 0 Å². The van der Waals surface area contributed by atoms with Gasteiger partial charge in [-0.05, 0) is 18.6 Å². The maximum Gasteiger partial charge on any atom is 0.239 e. The zero-order chi connectivity index (χ0) is 15.0. The van der Waals surface area contributed by atoms with Crippen LogP contribution in [0.2, 0.25) is 10.0 Å². The second-order valence-corrected chi connectivity index (χ2v) is 5.77. The average molecular weight is 335 g/mol. The van der Waals surface area contributed by atoms with Gasteiger partial charge in [-0.1, -0.05) is 36.2 Å². The molecule has 2 amide bonds. The first-order valence-corrected chi connectivity index (χ1v) is 7.89. The van der Waals surface area contributed by atoms with E-state index in [-0.39, 0.29) is 24.1 Å². The van der Waals surface area contributed by atoms with E-state index in [0.29, 0.717) is 21.5 Å². The van der Waals surface area contributed by atoms with Crippen molar-refractivity contribution < 1.29 is 9.59 Å². The Morgan fingerprint density at radius 2 is 1.80 bits per heavy atom. The number of hydrogen-bond donors (Lipinski definition) is 2. The van der Waals surface area contributed by atoms with Crippen molar-refractivity contribution in [1.82, 2.24) is 10.6 Å². The van der Waals surface area contributed by atoms with Crippen LogP contribution in [-0.4, -0.2) is 30.7 Å². The van der Waals surface area contributed by atoms with Crippen molar-refractivity contribution >= 4 is 46.8 Å². The number of hydrogen-bond acceptors (Lipinski definition) is 3. The molecule has 1 aromatic rings. The van der Waals surface area contributed by atoms with Crippen molar-refractivity contribution in [3.05, 3.63) is 28.2 Å². The molecule has 0 bridgehead atoms. The van der Waals surface area contributed by atoms with Crippen LogP contribution in [0.25, 0.3) is 0 Å². The summed E-state index contributed by atoms with van der Waals surface area (Å²) in [6.45, 7) is 2.55. The van der Waals surface area contributed by atoms with Gasteiger partial charge in [0.15, 0.2) is 0 Å². The van der Waals surface area contributed by atoms with Crippen molar-refractivity contribution in [3.63, 3.8) is 0 Å². The zero-order valence-electron chi connectivity index (χ0n) is 11.0. The number of carbonyl (C=O) groups is 2. The number of carbonyl (C=O) groups excluding carboxylic acids is 2. The SMILES string of the molecule is CCCNC(=O)CNC(=O)CSc1c(Cl)cccc1Cl. The van der Waals surface area contributed by atoms with Crippen molar-refractivity contribution in [1.29, 1.82) is 0 Å². The summed E-state index contributed by atoms with van der Waals surface area (Å²) in [6.07, 6.45) is 0.862. The summed E-state index contributed by atoms with van der Waals surface area (Å²) in [7, 11) is 0. The number of amides is 2. The largest absolute Gasteiger partial charge is 0.355 e. The molecule has 7 heteroatoms. The quantitative estimate of drug-likeness (QED) is 0.754. The van der Waals surface area contributed by atoms with E-state index in [0.717, 1.165) is 6.42 Å². The zero-order valence-corrected chi connectivity index (χ0v) is 13.4. The van der Waals surface area contributed by atoms with Gasteiger partial charge in [-0.15, -0.1) is 11.8 Å². The molecule has 1 rings (SSSR count). The lowest BCUT2D eigenvalue weighted by atomic mass is 10.4. The maximum atomic E-state index is 11.6. The molecule has 1 aromatic carbocycles. The standard InChI is InChI=1S/C13H16Cl2N2O2S/c1-2-6-16-11(18)7-17-12(19)8-20-13-9(14)4-3-5-10(13)15/h3-5H,2,6-8H2,1H3,(H,16,18)(H,17,19). The highest BCUT2D eigenvalue weighted by atomic mass is 35.5. The summed E-state index contributed by atoms with van der Waals surface area (Å²) in [5.41, 5.74) is 0. The van der Waals surface area contributed by atoms with Gasteiger partial charge in [0, 0.05) is 11.4 Å². The van der Waals surface area contributed by atoms with Gasteiger partial charge in [0.2, 0.25) is 11.8 Å². The molecule has 0 radical (unpaired) electrons. The first-order valence-electron chi connectivity index (χ1n) is 6.14. The molecule has 0 fully saturated rings. The first kappa shape index (κ1) is 17.1. The maximum absolute atomic E-state index is 11.6. The average Bonchev–Trinajstić information content (AvgIpc) is 2.42. The Hall–Kier alpha value is -0.910. The molecule has 0 spiro atoms. The lowest BCUT2D eigenvalue weighted by Gasteiger charge is -2.07. The van der Waals surface area contributed by atoms with Gasteiger partial charge in [0.25, 0.3) is 0 Å². The second kappa shape index (κ2) is 9.10. The summed E-state index contributed by atoms with van der Waals surface area (Å²) in [6, 6.07) is 5.17. The minimum absolute atomic E-state index is 0.0182. The normalized spacial score (nSPS) is 10.2. The lowest BCUT2D eigenvalue weighted by Crippen LogP contribution is -2.37. The fraction of sp³-hybridized carbons (Fsp3) is 0.385. The molecule has 0 heterocycles. The van der Waals surface area contributed by atoms with Gasteiger partial charge in [0.1, 0.15) is 0 Å². The van der Waals surface area contributed by atoms with Crippen LogP contribution in [-0.2, 0) is 9.59 Å². The smallest absolute Gasteiger partial charge is 0.239 e. The topological polar surface area (TPSA) is 58.2 Å². The van der Waals surface area contributed by atoms with Crippen LogP contribution in [0.15, 0.2) is 23.1 Å². The van der Waals surface area contributed by atoms with E-state index in [4.69, 9.17) is 23.2 Å². The highest BCUT2D eigenvalue weighted by molar-refractivity contribution is 8.00. The third kappa shape index (κ3) is 6.03. The molecule has 0 saturated carbocycles. The van der Waals surface area contributed by atoms with Crippen LogP contribution in [0.5, 0.6) is 0 Å². The van der Waals surface area contributed by atoms with E-state index in [2.05, 4.69) is 10.6 Å². The van der Waals surface area contributed by atoms with Crippen LogP contribution in [0.4, 0.5) is 0 Å². The number of rotatable bonds is 7. The Bertz CT molecular complexity index is 463. The predicted octanol–water partition coefficient (Wildman–Crippen LogP) is 2.73. The Morgan fingerprint density at radius 3 is 2.40 bits per heavy atom. The van der Waals surface area contributed by atoms with E-state index >= 15 is 0 Å². The van der Waals surface area contributed by atoms with Crippen molar-refractivity contribution in [2.24, 2.45) is 0 Å². The Morgan fingerprint density at radius 1 is 1.15 bits per heavy atom. The monoisotopic (exact) mass is 334 g/mol. The van der Waals surface area contributed by atoms with Crippen molar-refractivity contribution in [3.8, 4) is 0 Å². The van der Waals surface area contributed by atoms with Crippen LogP contribution in [0, 0.1) is 0 Å². The van der Waals surface area contributed by atoms with Gasteiger partial charge < -0.3 is 10.6 Å². The molecule has 0 aromatic heterocycles. The Kier molecular flexibility index (Phi) is 7.80. The number of halogens is 2. The molecule has 0 unspecified atom stereocenters. The van der Waals surface area contributed by atoms with E-state index in [1.807, 2.05) is 6.92 Å². The first-order chi connectivity index (χ1) is 9.54. The highest BCUT2D eigenvalue weighted by Crippen LogP contribution is 2.33. The molecule has 0 aliphatic heterocycles. The summed E-state index contributed by atoms with van der Waals surface area (Å²) in [5, 5.41) is 6.24. The molecule has 110 valence electrons. The molecule has 4 nitrogen and oxygen atoms in total. The van der Waals surface area contributed by atoms with E-state index in [9.17, 15) is 9.59 Å². The third-order valence-electron chi connectivity index (χ3n) is 2.28. The molecule has 2 N–H and O–H groups in total. The predicted molar refractivity (Wildman–Crippen MR) is 83.5 cm³/mol. The molecular formula is C13H16Cl2N2O2S. The summed E-state index contributed by atoms with van der Waals surface area (Å²) >= 11 is 13.2. The van der Waals surface area contributed by atoms with Crippen LogP contribution >= 0.6 is 35.0 Å². The summed E-state index contributed by atoms with van der Waals surface area (Å²) in [4.78, 5) is 23.6. The van der Waals surface area contributed by atoms with Gasteiger partial charge in [-0.3, -0.25) is 9.59 Å². The second-order valence-electron chi connectivity index (χ2n) is 3.97. The van der Waals surface area contributed by atoms with Crippen LogP contribution in [0.3, 0.4) is 0 Å². The van der Waals surface area contributed by atoms with Crippen LogP contribution in [0.1, 0.15) is 13.3 Å². The van der Waals surface area contributed by atoms with E-state index in [1.54, 1.807) is 18.2 Å². The van der Waals surface area contributed by atoms with Gasteiger partial charge in [0.05, 0.1) is 22.3 Å². The van der Waals surface area contributed by atoms with E-state index < -0.39 is 0 Å². The van der Waals surface area contributed by atoms with Crippen molar-refractivity contribution in [2.45, 2.75) is 18.2 Å². The lowest BCUT2D eigenvalue weighted by molar-refractivity contribution is -0.124. The molecule has 0 aliphatic rings. The van der Waals surface area contributed by atoms with E-state index in [1.165, 1.54) is 11.8 Å².